The van der Waals surface area contributed by atoms with Crippen LogP contribution in [0.25, 0.3) is 17.0 Å². The van der Waals surface area contributed by atoms with E-state index in [0.717, 1.165) is 45.1 Å². The normalized spacial score (nSPS) is 15.6. The number of allylic oxidation sites excluding steroid dienone is 1. The molecule has 4 aromatic rings. The second-order valence-corrected chi connectivity index (χ2v) is 8.87. The zero-order valence-corrected chi connectivity index (χ0v) is 21.3. The molecule has 0 saturated carbocycles. The maximum Gasteiger partial charge on any atom is 0.258 e. The smallest absolute Gasteiger partial charge is 0.258 e. The molecule has 5 rings (SSSR count). The van der Waals surface area contributed by atoms with Gasteiger partial charge in [0.05, 0.1) is 31.5 Å². The maximum atomic E-state index is 5.86. The molecule has 0 fully saturated rings. The number of aryl methyl sites for hydroxylation is 1. The molecule has 0 saturated heterocycles. The second-order valence-electron chi connectivity index (χ2n) is 8.49. The van der Waals surface area contributed by atoms with E-state index in [0.29, 0.717) is 16.8 Å². The number of thiocarbonyl (C=S) groups is 1. The van der Waals surface area contributed by atoms with Crippen molar-refractivity contribution in [1.29, 1.82) is 0 Å². The summed E-state index contributed by atoms with van der Waals surface area (Å²) >= 11 is 5.84. The van der Waals surface area contributed by atoms with Crippen molar-refractivity contribution in [3.05, 3.63) is 95.5 Å². The Morgan fingerprint density at radius 2 is 1.64 bits per heavy atom. The Labute approximate surface area is 215 Å². The Bertz CT molecular complexity index is 1460. The Morgan fingerprint density at radius 3 is 2.39 bits per heavy atom. The van der Waals surface area contributed by atoms with E-state index in [4.69, 9.17) is 31.2 Å². The number of methoxy groups -OCH3 is 2. The van der Waals surface area contributed by atoms with Crippen molar-refractivity contribution in [2.45, 2.75) is 19.9 Å². The van der Waals surface area contributed by atoms with Crippen molar-refractivity contribution < 1.29 is 14.0 Å². The molecule has 1 aliphatic heterocycles. The van der Waals surface area contributed by atoms with Gasteiger partial charge in [0, 0.05) is 17.3 Å². The summed E-state index contributed by atoms with van der Waals surface area (Å²) in [7, 11) is 3.29. The summed E-state index contributed by atoms with van der Waals surface area (Å²) in [5, 5.41) is 8.33. The standard InChI is InChI=1S/C28H26N4O3S/c1-17-8-5-10-20(14-17)26-30-27(35-31-26)24-18(2)32(21-11-7-13-23(16-21)34-4)28(36)29-25(24)19-9-6-12-22(15-19)33-3/h5-16,25H,1-4H3,(H,29,36). The first-order chi connectivity index (χ1) is 17.5. The molecule has 1 aliphatic rings. The Morgan fingerprint density at radius 1 is 0.917 bits per heavy atom. The SMILES string of the molecule is COc1cccc(C2NC(=S)N(c3cccc(OC)c3)C(C)=C2c2nc(-c3cccc(C)c3)no2)c1. The predicted molar refractivity (Wildman–Crippen MR) is 144 cm³/mol. The highest BCUT2D eigenvalue weighted by Crippen LogP contribution is 2.40. The number of nitrogens with one attached hydrogen (secondary N) is 1. The van der Waals surface area contributed by atoms with Gasteiger partial charge in [-0.1, -0.05) is 47.1 Å². The fraction of sp³-hybridized carbons (Fsp3) is 0.179. The van der Waals surface area contributed by atoms with Gasteiger partial charge in [0.2, 0.25) is 5.82 Å². The number of hydrogen-bond acceptors (Lipinski definition) is 6. The van der Waals surface area contributed by atoms with E-state index in [9.17, 15) is 0 Å². The average molecular weight is 499 g/mol. The van der Waals surface area contributed by atoms with Crippen LogP contribution in [0.3, 0.4) is 0 Å². The first-order valence-corrected chi connectivity index (χ1v) is 11.9. The molecule has 3 aromatic carbocycles. The number of ether oxygens (including phenoxy) is 2. The van der Waals surface area contributed by atoms with Crippen LogP contribution in [0.4, 0.5) is 5.69 Å². The van der Waals surface area contributed by atoms with Gasteiger partial charge < -0.3 is 19.3 Å². The number of benzene rings is 3. The first kappa shape index (κ1) is 23.6. The van der Waals surface area contributed by atoms with Crippen LogP contribution in [-0.2, 0) is 0 Å². The topological polar surface area (TPSA) is 72.7 Å². The highest BCUT2D eigenvalue weighted by atomic mass is 32.1. The largest absolute Gasteiger partial charge is 0.497 e. The number of nitrogens with zero attached hydrogens (tertiary/aromatic N) is 3. The minimum Gasteiger partial charge on any atom is -0.497 e. The third-order valence-corrected chi connectivity index (χ3v) is 6.46. The van der Waals surface area contributed by atoms with E-state index in [-0.39, 0.29) is 6.04 Å². The third-order valence-electron chi connectivity index (χ3n) is 6.16. The van der Waals surface area contributed by atoms with Crippen LogP contribution in [0.5, 0.6) is 11.5 Å². The summed E-state index contributed by atoms with van der Waals surface area (Å²) in [6.45, 7) is 4.04. The van der Waals surface area contributed by atoms with Crippen LogP contribution in [0.15, 0.2) is 83.0 Å². The summed E-state index contributed by atoms with van der Waals surface area (Å²) in [6, 6.07) is 23.3. The summed E-state index contributed by atoms with van der Waals surface area (Å²) in [5.74, 6) is 2.43. The zero-order chi connectivity index (χ0) is 25.2. The molecule has 1 N–H and O–H groups in total. The molecule has 1 atom stereocenters. The van der Waals surface area contributed by atoms with Crippen molar-refractivity contribution in [2.24, 2.45) is 0 Å². The van der Waals surface area contributed by atoms with Crippen molar-refractivity contribution in [3.63, 3.8) is 0 Å². The highest BCUT2D eigenvalue weighted by molar-refractivity contribution is 7.80. The molecule has 8 heteroatoms. The lowest BCUT2D eigenvalue weighted by Crippen LogP contribution is -2.46. The van der Waals surface area contributed by atoms with E-state index in [1.165, 1.54) is 0 Å². The molecule has 1 unspecified atom stereocenters. The van der Waals surface area contributed by atoms with Gasteiger partial charge in [0.15, 0.2) is 5.11 Å². The lowest BCUT2D eigenvalue weighted by atomic mass is 9.94. The number of anilines is 1. The number of rotatable bonds is 6. The van der Waals surface area contributed by atoms with Crippen LogP contribution in [-0.4, -0.2) is 29.5 Å². The van der Waals surface area contributed by atoms with Gasteiger partial charge >= 0.3 is 0 Å². The van der Waals surface area contributed by atoms with Crippen molar-refractivity contribution in [1.82, 2.24) is 15.5 Å². The van der Waals surface area contributed by atoms with E-state index in [2.05, 4.69) is 10.5 Å². The van der Waals surface area contributed by atoms with E-state index in [1.807, 2.05) is 91.5 Å². The molecule has 182 valence electrons. The fourth-order valence-electron chi connectivity index (χ4n) is 4.39. The molecular weight excluding hydrogens is 472 g/mol. The molecule has 7 nitrogen and oxygen atoms in total. The van der Waals surface area contributed by atoms with Gasteiger partial charge in [-0.05, 0) is 62.0 Å². The predicted octanol–water partition coefficient (Wildman–Crippen LogP) is 5.93. The third kappa shape index (κ3) is 4.43. The molecule has 2 heterocycles. The minimum absolute atomic E-state index is 0.319. The Hall–Kier alpha value is -4.17. The van der Waals surface area contributed by atoms with Crippen LogP contribution >= 0.6 is 12.2 Å². The van der Waals surface area contributed by atoms with Crippen molar-refractivity contribution >= 4 is 28.6 Å². The lowest BCUT2D eigenvalue weighted by Gasteiger charge is -2.37. The van der Waals surface area contributed by atoms with Crippen molar-refractivity contribution in [2.75, 3.05) is 19.1 Å². The van der Waals surface area contributed by atoms with Gasteiger partial charge in [-0.2, -0.15) is 4.98 Å². The van der Waals surface area contributed by atoms with Gasteiger partial charge in [-0.25, -0.2) is 0 Å². The summed E-state index contributed by atoms with van der Waals surface area (Å²) in [4.78, 5) is 6.76. The fourth-order valence-corrected chi connectivity index (χ4v) is 4.75. The zero-order valence-electron chi connectivity index (χ0n) is 20.5. The Balaban J connectivity index is 1.67. The quantitative estimate of drug-likeness (QED) is 0.328. The number of aromatic nitrogens is 2. The van der Waals surface area contributed by atoms with Gasteiger partial charge in [-0.15, -0.1) is 0 Å². The summed E-state index contributed by atoms with van der Waals surface area (Å²) in [6.07, 6.45) is 0. The maximum absolute atomic E-state index is 5.86. The molecular formula is C28H26N4O3S. The minimum atomic E-state index is -0.319. The molecule has 0 bridgehead atoms. The summed E-state index contributed by atoms with van der Waals surface area (Å²) < 4.78 is 16.8. The van der Waals surface area contributed by atoms with Crippen LogP contribution in [0, 0.1) is 6.92 Å². The average Bonchev–Trinajstić information content (AvgIpc) is 3.38. The molecule has 0 aliphatic carbocycles. The highest BCUT2D eigenvalue weighted by Gasteiger charge is 2.35. The van der Waals surface area contributed by atoms with E-state index < -0.39 is 0 Å². The molecule has 0 amide bonds. The van der Waals surface area contributed by atoms with Crippen LogP contribution in [0.2, 0.25) is 0 Å². The summed E-state index contributed by atoms with van der Waals surface area (Å²) in [5.41, 5.74) is 5.55. The van der Waals surface area contributed by atoms with Crippen LogP contribution in [0.1, 0.15) is 30.0 Å². The van der Waals surface area contributed by atoms with Crippen LogP contribution < -0.4 is 19.7 Å². The number of hydrogen-bond donors (Lipinski definition) is 1. The molecule has 36 heavy (non-hydrogen) atoms. The van der Waals surface area contributed by atoms with Gasteiger partial charge in [0.25, 0.3) is 5.89 Å². The monoisotopic (exact) mass is 498 g/mol. The molecule has 1 aromatic heterocycles. The van der Waals surface area contributed by atoms with Gasteiger partial charge in [-0.3, -0.25) is 4.90 Å². The van der Waals surface area contributed by atoms with E-state index in [1.54, 1.807) is 14.2 Å². The van der Waals surface area contributed by atoms with Crippen molar-refractivity contribution in [3.8, 4) is 22.9 Å². The molecule has 0 radical (unpaired) electrons. The second kappa shape index (κ2) is 9.83. The molecule has 0 spiro atoms. The Kier molecular flexibility index (Phi) is 6.43. The van der Waals surface area contributed by atoms with E-state index >= 15 is 0 Å². The first-order valence-electron chi connectivity index (χ1n) is 11.5. The lowest BCUT2D eigenvalue weighted by molar-refractivity contribution is 0.403. The van der Waals surface area contributed by atoms with Gasteiger partial charge in [0.1, 0.15) is 11.5 Å².